The summed E-state index contributed by atoms with van der Waals surface area (Å²) in [7, 11) is -1.12. The van der Waals surface area contributed by atoms with Crippen molar-refractivity contribution >= 4 is 24.7 Å². The van der Waals surface area contributed by atoms with Crippen LogP contribution in [-0.2, 0) is 14.0 Å². The molecule has 2 aromatic rings. The van der Waals surface area contributed by atoms with Crippen LogP contribution in [0.5, 0.6) is 0 Å². The Bertz CT molecular complexity index is 1330. The van der Waals surface area contributed by atoms with Crippen molar-refractivity contribution in [3.8, 4) is 0 Å². The Morgan fingerprint density at radius 3 is 1.87 bits per heavy atom. The Labute approximate surface area is 284 Å². The lowest BCUT2D eigenvalue weighted by Crippen LogP contribution is -2.67. The maximum atomic E-state index is 11.4. The van der Waals surface area contributed by atoms with E-state index in [1.54, 1.807) is 20.1 Å². The third-order valence-electron chi connectivity index (χ3n) is 8.93. The zero-order valence-electron chi connectivity index (χ0n) is 30.1. The number of allylic oxidation sites excluding steroid dienone is 5. The quantitative estimate of drug-likeness (QED) is 0.0953. The molecule has 0 saturated carbocycles. The van der Waals surface area contributed by atoms with E-state index in [4.69, 9.17) is 14.3 Å². The summed E-state index contributed by atoms with van der Waals surface area (Å²) in [5.41, 5.74) is 2.17. The molecule has 0 aliphatic heterocycles. The highest BCUT2D eigenvalue weighted by Gasteiger charge is 2.50. The SMILES string of the molecule is CO[C@@H](/C=C/C=C(\C)C[C@H](C)[C@H](O)[C@H](C)/C=C(C)/C=C(\C)C(=O)O)[C@H](O)[C@@H](C)CO[Si](c1ccccc1)(c1ccccc1)C(C)(C)C. The Balaban J connectivity index is 2.13. The summed E-state index contributed by atoms with van der Waals surface area (Å²) < 4.78 is 12.8. The van der Waals surface area contributed by atoms with Crippen LogP contribution in [0, 0.1) is 17.8 Å². The van der Waals surface area contributed by atoms with Gasteiger partial charge in [-0.2, -0.15) is 0 Å². The van der Waals surface area contributed by atoms with Crippen molar-refractivity contribution in [3.63, 3.8) is 0 Å². The molecule has 0 aromatic heterocycles. The second kappa shape index (κ2) is 18.5. The summed E-state index contributed by atoms with van der Waals surface area (Å²) in [5, 5.41) is 33.7. The van der Waals surface area contributed by atoms with E-state index < -0.39 is 32.6 Å². The van der Waals surface area contributed by atoms with Crippen LogP contribution in [-0.4, -0.2) is 61.6 Å². The van der Waals surface area contributed by atoms with Gasteiger partial charge < -0.3 is 24.5 Å². The van der Waals surface area contributed by atoms with Crippen LogP contribution in [0.4, 0.5) is 0 Å². The standard InChI is InChI=1S/C40H58O6Si/c1-28(24-30(3)37(41)31(4)25-29(2)26-32(5)39(43)44)18-17-23-36(45-10)38(42)33(6)27-46-47(40(7,8)9,34-19-13-11-14-20-34)35-21-15-12-16-22-35/h11-23,25-26,30-31,33,36-38,41-42H,24,27H2,1-10H3,(H,43,44)/b23-17+,28-18+,29-25+,32-26+/t30-,31+,33-,36-,37-,38+/m0/s1. The van der Waals surface area contributed by atoms with Crippen LogP contribution in [0.1, 0.15) is 68.7 Å². The number of ether oxygens (including phenoxy) is 1. The third-order valence-corrected chi connectivity index (χ3v) is 13.9. The third kappa shape index (κ3) is 11.3. The number of rotatable bonds is 17. The minimum absolute atomic E-state index is 0.00860. The van der Waals surface area contributed by atoms with E-state index in [-0.39, 0.29) is 28.4 Å². The fraction of sp³-hybridized carbons (Fsp3) is 0.475. The topological polar surface area (TPSA) is 96.2 Å². The lowest BCUT2D eigenvalue weighted by Gasteiger charge is -2.44. The molecule has 47 heavy (non-hydrogen) atoms. The van der Waals surface area contributed by atoms with Crippen molar-refractivity contribution in [2.45, 2.75) is 92.1 Å². The minimum Gasteiger partial charge on any atom is -0.478 e. The molecule has 0 fully saturated rings. The normalized spacial score (nSPS) is 17.7. The van der Waals surface area contributed by atoms with Gasteiger partial charge in [0.25, 0.3) is 8.32 Å². The number of carboxylic acid groups (broad SMARTS) is 1. The molecule has 0 spiro atoms. The van der Waals surface area contributed by atoms with E-state index >= 15 is 0 Å². The van der Waals surface area contributed by atoms with E-state index in [0.29, 0.717) is 13.0 Å². The Kier molecular flexibility index (Phi) is 15.8. The van der Waals surface area contributed by atoms with Crippen LogP contribution in [0.15, 0.2) is 108 Å². The van der Waals surface area contributed by atoms with Gasteiger partial charge in [0.05, 0.1) is 12.2 Å². The Morgan fingerprint density at radius 1 is 0.872 bits per heavy atom. The monoisotopic (exact) mass is 662 g/mol. The van der Waals surface area contributed by atoms with Crippen LogP contribution < -0.4 is 10.4 Å². The van der Waals surface area contributed by atoms with Gasteiger partial charge in [0.15, 0.2) is 0 Å². The molecule has 7 heteroatoms. The molecular weight excluding hydrogens is 605 g/mol. The predicted octanol–water partition coefficient (Wildman–Crippen LogP) is 7.08. The maximum Gasteiger partial charge on any atom is 0.331 e. The molecule has 0 radical (unpaired) electrons. The highest BCUT2D eigenvalue weighted by molar-refractivity contribution is 6.99. The van der Waals surface area contributed by atoms with E-state index in [2.05, 4.69) is 69.3 Å². The second-order valence-corrected chi connectivity index (χ2v) is 18.4. The number of benzene rings is 2. The van der Waals surface area contributed by atoms with Crippen LogP contribution >= 0.6 is 0 Å². The van der Waals surface area contributed by atoms with Crippen molar-refractivity contribution in [3.05, 3.63) is 108 Å². The molecule has 0 bridgehead atoms. The average Bonchev–Trinajstić information content (AvgIpc) is 3.02. The fourth-order valence-electron chi connectivity index (χ4n) is 6.28. The van der Waals surface area contributed by atoms with Crippen molar-refractivity contribution < 1.29 is 29.3 Å². The van der Waals surface area contributed by atoms with E-state index in [9.17, 15) is 15.0 Å². The van der Waals surface area contributed by atoms with Crippen LogP contribution in [0.3, 0.4) is 0 Å². The molecule has 0 aliphatic rings. The number of carboxylic acids is 1. The van der Waals surface area contributed by atoms with Crippen molar-refractivity contribution in [1.29, 1.82) is 0 Å². The van der Waals surface area contributed by atoms with Gasteiger partial charge in [0, 0.05) is 31.1 Å². The first-order chi connectivity index (χ1) is 22.0. The van der Waals surface area contributed by atoms with Gasteiger partial charge in [0.1, 0.15) is 6.10 Å². The molecule has 6 nitrogen and oxygen atoms in total. The highest BCUT2D eigenvalue weighted by Crippen LogP contribution is 2.37. The second-order valence-electron chi connectivity index (χ2n) is 14.1. The molecule has 6 atom stereocenters. The van der Waals surface area contributed by atoms with Gasteiger partial charge in [-0.05, 0) is 54.6 Å². The lowest BCUT2D eigenvalue weighted by atomic mass is 9.87. The van der Waals surface area contributed by atoms with Gasteiger partial charge in [-0.3, -0.25) is 0 Å². The molecular formula is C40H58O6Si. The number of hydrogen-bond donors (Lipinski definition) is 3. The first-order valence-corrected chi connectivity index (χ1v) is 18.5. The van der Waals surface area contributed by atoms with Crippen molar-refractivity contribution in [2.75, 3.05) is 13.7 Å². The molecule has 2 rings (SSSR count). The largest absolute Gasteiger partial charge is 0.478 e. The van der Waals surface area contributed by atoms with Crippen LogP contribution in [0.25, 0.3) is 0 Å². The molecule has 0 amide bonds. The summed E-state index contributed by atoms with van der Waals surface area (Å²) >= 11 is 0. The van der Waals surface area contributed by atoms with Crippen LogP contribution in [0.2, 0.25) is 5.04 Å². The van der Waals surface area contributed by atoms with Gasteiger partial charge in [-0.25, -0.2) is 4.79 Å². The summed E-state index contributed by atoms with van der Waals surface area (Å²) in [6.45, 7) is 18.5. The molecule has 0 saturated heterocycles. The number of methoxy groups -OCH3 is 1. The zero-order valence-corrected chi connectivity index (χ0v) is 31.1. The fourth-order valence-corrected chi connectivity index (χ4v) is 10.9. The summed E-state index contributed by atoms with van der Waals surface area (Å²) in [4.78, 5) is 11.1. The minimum atomic E-state index is -2.73. The number of aliphatic hydroxyl groups excluding tert-OH is 2. The Morgan fingerprint density at radius 2 is 1.40 bits per heavy atom. The summed E-state index contributed by atoms with van der Waals surface area (Å²) in [5.74, 6) is -1.29. The summed E-state index contributed by atoms with van der Waals surface area (Å²) in [6.07, 6.45) is 8.13. The first kappa shape index (κ1) is 40.1. The highest BCUT2D eigenvalue weighted by atomic mass is 28.4. The summed E-state index contributed by atoms with van der Waals surface area (Å²) in [6, 6.07) is 21.0. The van der Waals surface area contributed by atoms with Crippen molar-refractivity contribution in [1.82, 2.24) is 0 Å². The van der Waals surface area contributed by atoms with Gasteiger partial charge in [-0.1, -0.05) is 138 Å². The maximum absolute atomic E-state index is 11.4. The zero-order chi connectivity index (χ0) is 35.4. The number of aliphatic carboxylic acids is 1. The van der Waals surface area contributed by atoms with E-state index in [1.165, 1.54) is 10.4 Å². The molecule has 2 aromatic carbocycles. The molecule has 3 N–H and O–H groups in total. The number of hydrogen-bond acceptors (Lipinski definition) is 5. The van der Waals surface area contributed by atoms with Gasteiger partial charge in [-0.15, -0.1) is 0 Å². The molecule has 0 heterocycles. The molecule has 0 aliphatic carbocycles. The predicted molar refractivity (Wildman–Crippen MR) is 197 cm³/mol. The molecule has 0 unspecified atom stereocenters. The smallest absolute Gasteiger partial charge is 0.331 e. The lowest BCUT2D eigenvalue weighted by molar-refractivity contribution is -0.132. The van der Waals surface area contributed by atoms with Crippen molar-refractivity contribution in [2.24, 2.45) is 17.8 Å². The van der Waals surface area contributed by atoms with E-state index in [0.717, 1.165) is 11.1 Å². The first-order valence-electron chi connectivity index (χ1n) is 16.6. The average molecular weight is 663 g/mol. The van der Waals surface area contributed by atoms with Gasteiger partial charge in [0.2, 0.25) is 0 Å². The number of carbonyl (C=O) groups is 1. The van der Waals surface area contributed by atoms with Gasteiger partial charge >= 0.3 is 5.97 Å². The Hall–Kier alpha value is -3.07. The number of aliphatic hydroxyl groups is 2. The molecule has 258 valence electrons. The van der Waals surface area contributed by atoms with E-state index in [1.807, 2.05) is 71.1 Å².